The number of ether oxygens (including phenoxy) is 1. The first-order valence-corrected chi connectivity index (χ1v) is 7.23. The lowest BCUT2D eigenvalue weighted by molar-refractivity contribution is 0.0601. The summed E-state index contributed by atoms with van der Waals surface area (Å²) in [5.41, 5.74) is 0.394. The maximum atomic E-state index is 12.4. The molecule has 0 spiro atoms. The van der Waals surface area contributed by atoms with Crippen LogP contribution < -0.4 is 5.56 Å². The first kappa shape index (κ1) is 14.2. The van der Waals surface area contributed by atoms with Crippen LogP contribution in [0.15, 0.2) is 53.3 Å². The van der Waals surface area contributed by atoms with Crippen molar-refractivity contribution in [3.8, 4) is 0 Å². The number of esters is 1. The van der Waals surface area contributed by atoms with Crippen LogP contribution in [0, 0.1) is 0 Å². The second kappa shape index (κ2) is 5.57. The van der Waals surface area contributed by atoms with E-state index in [9.17, 15) is 14.4 Å². The first-order valence-electron chi connectivity index (χ1n) is 6.46. The molecule has 6 heteroatoms. The van der Waals surface area contributed by atoms with Crippen LogP contribution >= 0.6 is 11.5 Å². The normalized spacial score (nSPS) is 10.6. The molecule has 0 aliphatic rings. The maximum Gasteiger partial charge on any atom is 0.337 e. The molecule has 110 valence electrons. The van der Waals surface area contributed by atoms with Gasteiger partial charge in [0.05, 0.1) is 22.8 Å². The molecule has 0 N–H and O–H groups in total. The van der Waals surface area contributed by atoms with Gasteiger partial charge in [0.25, 0.3) is 11.5 Å². The predicted octanol–water partition coefficient (Wildman–Crippen LogP) is 2.54. The van der Waals surface area contributed by atoms with Crippen LogP contribution in [0.3, 0.4) is 0 Å². The smallest absolute Gasteiger partial charge is 0.337 e. The monoisotopic (exact) mass is 313 g/mol. The van der Waals surface area contributed by atoms with Crippen LogP contribution in [0.4, 0.5) is 0 Å². The van der Waals surface area contributed by atoms with Gasteiger partial charge in [-0.3, -0.25) is 9.59 Å². The lowest BCUT2D eigenvalue weighted by Crippen LogP contribution is -2.21. The van der Waals surface area contributed by atoms with Crippen molar-refractivity contribution >= 4 is 33.5 Å². The molecular formula is C16H11NO4S. The van der Waals surface area contributed by atoms with Gasteiger partial charge in [-0.2, -0.15) is 3.96 Å². The first-order chi connectivity index (χ1) is 10.6. The molecule has 0 fully saturated rings. The molecule has 0 atom stereocenters. The van der Waals surface area contributed by atoms with Gasteiger partial charge in [-0.25, -0.2) is 4.79 Å². The van der Waals surface area contributed by atoms with Gasteiger partial charge in [0, 0.05) is 5.56 Å². The zero-order chi connectivity index (χ0) is 15.7. The Morgan fingerprint density at radius 2 is 1.77 bits per heavy atom. The van der Waals surface area contributed by atoms with E-state index in [1.54, 1.807) is 36.4 Å². The summed E-state index contributed by atoms with van der Waals surface area (Å²) >= 11 is 1.02. The van der Waals surface area contributed by atoms with Crippen molar-refractivity contribution in [1.29, 1.82) is 0 Å². The minimum atomic E-state index is -0.483. The lowest BCUT2D eigenvalue weighted by atomic mass is 10.2. The van der Waals surface area contributed by atoms with Crippen LogP contribution in [-0.4, -0.2) is 22.9 Å². The Hall–Kier alpha value is -2.73. The highest BCUT2D eigenvalue weighted by Crippen LogP contribution is 2.20. The summed E-state index contributed by atoms with van der Waals surface area (Å²) in [7, 11) is 1.29. The minimum absolute atomic E-state index is 0.343. The predicted molar refractivity (Wildman–Crippen MR) is 83.6 cm³/mol. The third-order valence-corrected chi connectivity index (χ3v) is 4.26. The molecule has 0 aliphatic heterocycles. The largest absolute Gasteiger partial charge is 0.465 e. The summed E-state index contributed by atoms with van der Waals surface area (Å²) < 4.78 is 6.32. The number of fused-ring (bicyclic) bond motifs is 1. The Kier molecular flexibility index (Phi) is 3.60. The van der Waals surface area contributed by atoms with Crippen LogP contribution in [0.5, 0.6) is 0 Å². The SMILES string of the molecule is COC(=O)c1ccc2c(=O)n(C(=O)c3ccccc3)sc2c1. The lowest BCUT2D eigenvalue weighted by Gasteiger charge is -1.98. The van der Waals surface area contributed by atoms with Crippen molar-refractivity contribution in [1.82, 2.24) is 3.96 Å². The van der Waals surface area contributed by atoms with Crippen molar-refractivity contribution in [2.24, 2.45) is 0 Å². The van der Waals surface area contributed by atoms with E-state index in [-0.39, 0.29) is 11.5 Å². The van der Waals surface area contributed by atoms with Crippen molar-refractivity contribution < 1.29 is 14.3 Å². The number of hydrogen-bond acceptors (Lipinski definition) is 5. The van der Waals surface area contributed by atoms with Gasteiger partial charge in [0.1, 0.15) is 0 Å². The Labute approximate surface area is 129 Å². The van der Waals surface area contributed by atoms with Crippen LogP contribution in [0.1, 0.15) is 20.7 Å². The molecule has 0 unspecified atom stereocenters. The number of nitrogens with zero attached hydrogens (tertiary/aromatic N) is 1. The maximum absolute atomic E-state index is 12.4. The Morgan fingerprint density at radius 1 is 1.05 bits per heavy atom. The Balaban J connectivity index is 2.12. The molecule has 0 aliphatic carbocycles. The van der Waals surface area contributed by atoms with E-state index in [1.807, 2.05) is 0 Å². The van der Waals surface area contributed by atoms with E-state index in [1.165, 1.54) is 19.2 Å². The fraction of sp³-hybridized carbons (Fsp3) is 0.0625. The highest BCUT2D eigenvalue weighted by molar-refractivity contribution is 7.15. The van der Waals surface area contributed by atoms with Crippen molar-refractivity contribution in [2.75, 3.05) is 7.11 Å². The molecule has 0 bridgehead atoms. The van der Waals surface area contributed by atoms with E-state index in [0.29, 0.717) is 21.2 Å². The highest BCUT2D eigenvalue weighted by Gasteiger charge is 2.17. The zero-order valence-corrected chi connectivity index (χ0v) is 12.4. The molecule has 22 heavy (non-hydrogen) atoms. The second-order valence-electron chi connectivity index (χ2n) is 4.56. The van der Waals surface area contributed by atoms with Gasteiger partial charge in [-0.05, 0) is 41.9 Å². The van der Waals surface area contributed by atoms with Gasteiger partial charge < -0.3 is 4.74 Å². The van der Waals surface area contributed by atoms with Crippen LogP contribution in [0.2, 0.25) is 0 Å². The molecule has 0 radical (unpaired) electrons. The molecular weight excluding hydrogens is 302 g/mol. The average molecular weight is 313 g/mol. The van der Waals surface area contributed by atoms with Crippen LogP contribution in [0.25, 0.3) is 10.1 Å². The summed E-state index contributed by atoms with van der Waals surface area (Å²) in [4.78, 5) is 36.3. The number of hydrogen-bond donors (Lipinski definition) is 0. The molecule has 3 rings (SSSR count). The van der Waals surface area contributed by atoms with E-state index >= 15 is 0 Å². The summed E-state index contributed by atoms with van der Waals surface area (Å²) in [6, 6.07) is 13.2. The van der Waals surface area contributed by atoms with E-state index in [4.69, 9.17) is 0 Å². The number of benzene rings is 2. The number of rotatable bonds is 2. The van der Waals surface area contributed by atoms with Gasteiger partial charge in [0.15, 0.2) is 0 Å². The third-order valence-electron chi connectivity index (χ3n) is 3.21. The Bertz CT molecular complexity index is 924. The number of carbonyl (C=O) groups is 2. The van der Waals surface area contributed by atoms with Gasteiger partial charge >= 0.3 is 5.97 Å². The fourth-order valence-corrected chi connectivity index (χ4v) is 3.10. The molecule has 0 saturated heterocycles. The Morgan fingerprint density at radius 3 is 2.45 bits per heavy atom. The second-order valence-corrected chi connectivity index (χ2v) is 5.55. The van der Waals surface area contributed by atoms with E-state index in [0.717, 1.165) is 15.5 Å². The molecule has 3 aromatic rings. The van der Waals surface area contributed by atoms with Crippen molar-refractivity contribution in [3.63, 3.8) is 0 Å². The fourth-order valence-electron chi connectivity index (χ4n) is 2.10. The number of methoxy groups -OCH3 is 1. The summed E-state index contributed by atoms with van der Waals surface area (Å²) in [6.45, 7) is 0. The van der Waals surface area contributed by atoms with Gasteiger partial charge in [-0.1, -0.05) is 18.2 Å². The van der Waals surface area contributed by atoms with Crippen molar-refractivity contribution in [3.05, 3.63) is 70.0 Å². The molecule has 2 aromatic carbocycles. The molecule has 1 aromatic heterocycles. The summed E-state index contributed by atoms with van der Waals surface area (Å²) in [6.07, 6.45) is 0. The zero-order valence-electron chi connectivity index (χ0n) is 11.6. The van der Waals surface area contributed by atoms with Crippen LogP contribution in [-0.2, 0) is 4.74 Å². The topological polar surface area (TPSA) is 65.4 Å². The summed E-state index contributed by atoms with van der Waals surface area (Å²) in [5.74, 6) is -0.866. The summed E-state index contributed by atoms with van der Waals surface area (Å²) in [5, 5.41) is 0.405. The molecule has 5 nitrogen and oxygen atoms in total. The number of carbonyl (C=O) groups excluding carboxylic acids is 2. The standard InChI is InChI=1S/C16H11NO4S/c1-21-16(20)11-7-8-12-13(9-11)22-17(15(12)19)14(18)10-5-3-2-4-6-10/h2-9H,1H3. The highest BCUT2D eigenvalue weighted by atomic mass is 32.1. The molecule has 1 heterocycles. The average Bonchev–Trinajstić information content (AvgIpc) is 2.90. The minimum Gasteiger partial charge on any atom is -0.465 e. The van der Waals surface area contributed by atoms with Gasteiger partial charge in [-0.15, -0.1) is 0 Å². The molecule has 0 saturated carbocycles. The van der Waals surface area contributed by atoms with Gasteiger partial charge in [0.2, 0.25) is 0 Å². The van der Waals surface area contributed by atoms with E-state index < -0.39 is 5.97 Å². The van der Waals surface area contributed by atoms with E-state index in [2.05, 4.69) is 4.74 Å². The quantitative estimate of drug-likeness (QED) is 0.682. The third kappa shape index (κ3) is 2.33. The molecule has 0 amide bonds. The number of aromatic nitrogens is 1. The van der Waals surface area contributed by atoms with Crippen molar-refractivity contribution in [2.45, 2.75) is 0 Å².